The van der Waals surface area contributed by atoms with Gasteiger partial charge in [0.25, 0.3) is 10.0 Å². The van der Waals surface area contributed by atoms with Crippen molar-refractivity contribution in [3.8, 4) is 5.75 Å². The summed E-state index contributed by atoms with van der Waals surface area (Å²) in [5.74, 6) is 0.539. The van der Waals surface area contributed by atoms with Crippen LogP contribution in [0.1, 0.15) is 12.8 Å². The van der Waals surface area contributed by atoms with Gasteiger partial charge in [-0.3, -0.25) is 0 Å². The van der Waals surface area contributed by atoms with Gasteiger partial charge in [-0.05, 0) is 43.2 Å². The van der Waals surface area contributed by atoms with Gasteiger partial charge >= 0.3 is 6.09 Å². The number of amides is 1. The molecule has 0 unspecified atom stereocenters. The number of hydrogen-bond donors (Lipinski definition) is 1. The van der Waals surface area contributed by atoms with E-state index in [-0.39, 0.29) is 17.5 Å². The maximum Gasteiger partial charge on any atom is 0.407 e. The van der Waals surface area contributed by atoms with E-state index in [0.717, 1.165) is 12.8 Å². The Morgan fingerprint density at radius 1 is 1.11 bits per heavy atom. The number of benzene rings is 2. The highest BCUT2D eigenvalue weighted by Gasteiger charge is 2.29. The number of hydrogen-bond acceptors (Lipinski definition) is 4. The first-order valence-corrected chi connectivity index (χ1v) is 10.5. The summed E-state index contributed by atoms with van der Waals surface area (Å²) in [6.07, 6.45) is 2.14. The van der Waals surface area contributed by atoms with Gasteiger partial charge in [-0.2, -0.15) is 0 Å². The van der Waals surface area contributed by atoms with E-state index >= 15 is 0 Å². The molecule has 146 valence electrons. The molecule has 1 amide bonds. The number of likely N-dealkylation sites (tertiary alicyclic amines) is 1. The van der Waals surface area contributed by atoms with Crippen LogP contribution in [0.3, 0.4) is 0 Å². The predicted octanol–water partition coefficient (Wildman–Crippen LogP) is 3.40. The zero-order valence-electron chi connectivity index (χ0n) is 15.1. The average Bonchev–Trinajstić information content (AvgIpc) is 3.34. The summed E-state index contributed by atoms with van der Waals surface area (Å²) >= 11 is 0. The SMILES string of the molecule is O=C(O)N1CCC[C@H]1COc1cccc2c1ccn2S(=O)(=O)c1ccccc1. The first kappa shape index (κ1) is 18.4. The van der Waals surface area contributed by atoms with Crippen LogP contribution in [0.15, 0.2) is 65.7 Å². The maximum atomic E-state index is 13.0. The lowest BCUT2D eigenvalue weighted by Crippen LogP contribution is -2.38. The Labute approximate surface area is 162 Å². The summed E-state index contributed by atoms with van der Waals surface area (Å²) < 4.78 is 33.1. The average molecular weight is 400 g/mol. The van der Waals surface area contributed by atoms with E-state index in [2.05, 4.69) is 0 Å². The van der Waals surface area contributed by atoms with E-state index in [0.29, 0.717) is 23.2 Å². The molecule has 0 bridgehead atoms. The second kappa shape index (κ2) is 7.20. The molecule has 1 atom stereocenters. The van der Waals surface area contributed by atoms with Gasteiger partial charge in [-0.15, -0.1) is 0 Å². The van der Waals surface area contributed by atoms with Gasteiger partial charge in [0, 0.05) is 18.1 Å². The van der Waals surface area contributed by atoms with Gasteiger partial charge in [0.15, 0.2) is 0 Å². The van der Waals surface area contributed by atoms with Crippen molar-refractivity contribution in [2.45, 2.75) is 23.8 Å². The maximum absolute atomic E-state index is 13.0. The molecule has 0 radical (unpaired) electrons. The minimum Gasteiger partial charge on any atom is -0.491 e. The van der Waals surface area contributed by atoms with Crippen molar-refractivity contribution in [1.82, 2.24) is 8.87 Å². The van der Waals surface area contributed by atoms with Crippen LogP contribution < -0.4 is 4.74 Å². The highest BCUT2D eigenvalue weighted by Crippen LogP contribution is 2.30. The normalized spacial score (nSPS) is 17.1. The van der Waals surface area contributed by atoms with E-state index < -0.39 is 16.1 Å². The Balaban J connectivity index is 1.63. The summed E-state index contributed by atoms with van der Waals surface area (Å²) in [6, 6.07) is 15.0. The predicted molar refractivity (Wildman–Crippen MR) is 104 cm³/mol. The Morgan fingerprint density at radius 3 is 2.64 bits per heavy atom. The van der Waals surface area contributed by atoms with Gasteiger partial charge in [0.1, 0.15) is 12.4 Å². The van der Waals surface area contributed by atoms with E-state index in [1.807, 2.05) is 0 Å². The summed E-state index contributed by atoms with van der Waals surface area (Å²) in [7, 11) is -3.71. The van der Waals surface area contributed by atoms with Crippen LogP contribution in [0, 0.1) is 0 Å². The van der Waals surface area contributed by atoms with Crippen molar-refractivity contribution in [2.24, 2.45) is 0 Å². The Kier molecular flexibility index (Phi) is 4.72. The lowest BCUT2D eigenvalue weighted by atomic mass is 10.2. The van der Waals surface area contributed by atoms with Crippen LogP contribution in [0.2, 0.25) is 0 Å². The largest absolute Gasteiger partial charge is 0.491 e. The van der Waals surface area contributed by atoms with Crippen LogP contribution in [-0.4, -0.2) is 47.7 Å². The second-order valence-corrected chi connectivity index (χ2v) is 8.52. The third-order valence-corrected chi connectivity index (χ3v) is 6.72. The van der Waals surface area contributed by atoms with E-state index in [9.17, 15) is 18.3 Å². The molecule has 1 saturated heterocycles. The number of fused-ring (bicyclic) bond motifs is 1. The standard InChI is InChI=1S/C20H20N2O5S/c23-20(24)21-12-5-6-15(21)14-27-19-10-4-9-18-17(19)11-13-22(18)28(25,26)16-7-2-1-3-8-16/h1-4,7-11,13,15H,5-6,12,14H2,(H,23,24)/t15-/m0/s1. The van der Waals surface area contributed by atoms with E-state index in [1.54, 1.807) is 54.6 Å². The number of rotatable bonds is 5. The van der Waals surface area contributed by atoms with Gasteiger partial charge < -0.3 is 14.7 Å². The van der Waals surface area contributed by atoms with Crippen LogP contribution in [0.5, 0.6) is 5.75 Å². The molecule has 4 rings (SSSR count). The smallest absolute Gasteiger partial charge is 0.407 e. The molecule has 0 aliphatic carbocycles. The molecule has 0 spiro atoms. The minimum absolute atomic E-state index is 0.192. The lowest BCUT2D eigenvalue weighted by Gasteiger charge is -2.21. The number of nitrogens with zero attached hydrogens (tertiary/aromatic N) is 2. The molecule has 2 heterocycles. The molecule has 28 heavy (non-hydrogen) atoms. The fourth-order valence-corrected chi connectivity index (χ4v) is 4.97. The first-order chi connectivity index (χ1) is 13.5. The molecular weight excluding hydrogens is 380 g/mol. The highest BCUT2D eigenvalue weighted by molar-refractivity contribution is 7.90. The Morgan fingerprint density at radius 2 is 1.89 bits per heavy atom. The molecule has 0 saturated carbocycles. The van der Waals surface area contributed by atoms with Crippen molar-refractivity contribution >= 4 is 27.0 Å². The number of carboxylic acid groups (broad SMARTS) is 1. The lowest BCUT2D eigenvalue weighted by molar-refractivity contribution is 0.123. The Bertz CT molecular complexity index is 1110. The highest BCUT2D eigenvalue weighted by atomic mass is 32.2. The van der Waals surface area contributed by atoms with Crippen LogP contribution >= 0.6 is 0 Å². The fourth-order valence-electron chi connectivity index (χ4n) is 3.60. The summed E-state index contributed by atoms with van der Waals surface area (Å²) in [6.45, 7) is 0.751. The number of ether oxygens (including phenoxy) is 1. The van der Waals surface area contributed by atoms with Crippen molar-refractivity contribution in [3.63, 3.8) is 0 Å². The van der Waals surface area contributed by atoms with Crippen LogP contribution in [0.25, 0.3) is 10.9 Å². The molecule has 1 fully saturated rings. The molecular formula is C20H20N2O5S. The molecule has 1 aromatic heterocycles. The third kappa shape index (κ3) is 3.20. The van der Waals surface area contributed by atoms with E-state index in [1.165, 1.54) is 15.1 Å². The zero-order chi connectivity index (χ0) is 19.7. The quantitative estimate of drug-likeness (QED) is 0.709. The molecule has 8 heteroatoms. The monoisotopic (exact) mass is 400 g/mol. The molecule has 2 aromatic carbocycles. The second-order valence-electron chi connectivity index (χ2n) is 6.70. The van der Waals surface area contributed by atoms with Gasteiger partial charge in [-0.25, -0.2) is 17.2 Å². The number of aromatic nitrogens is 1. The van der Waals surface area contributed by atoms with Gasteiger partial charge in [-0.1, -0.05) is 24.3 Å². The van der Waals surface area contributed by atoms with Crippen molar-refractivity contribution in [2.75, 3.05) is 13.2 Å². The van der Waals surface area contributed by atoms with Gasteiger partial charge in [0.05, 0.1) is 16.5 Å². The minimum atomic E-state index is -3.71. The fraction of sp³-hybridized carbons (Fsp3) is 0.250. The zero-order valence-corrected chi connectivity index (χ0v) is 15.9. The van der Waals surface area contributed by atoms with Crippen LogP contribution in [0.4, 0.5) is 4.79 Å². The summed E-state index contributed by atoms with van der Waals surface area (Å²) in [5, 5.41) is 9.92. The van der Waals surface area contributed by atoms with Crippen molar-refractivity contribution in [1.29, 1.82) is 0 Å². The van der Waals surface area contributed by atoms with Crippen LogP contribution in [-0.2, 0) is 10.0 Å². The molecule has 1 aliphatic heterocycles. The summed E-state index contributed by atoms with van der Waals surface area (Å²) in [4.78, 5) is 12.9. The molecule has 1 aliphatic rings. The van der Waals surface area contributed by atoms with Gasteiger partial charge in [0.2, 0.25) is 0 Å². The van der Waals surface area contributed by atoms with Crippen molar-refractivity contribution < 1.29 is 23.1 Å². The molecule has 3 aromatic rings. The molecule has 1 N–H and O–H groups in total. The van der Waals surface area contributed by atoms with Crippen molar-refractivity contribution in [3.05, 3.63) is 60.8 Å². The third-order valence-electron chi connectivity index (χ3n) is 5.01. The summed E-state index contributed by atoms with van der Waals surface area (Å²) in [5.41, 5.74) is 0.517. The molecule has 7 nitrogen and oxygen atoms in total. The Hall–Kier alpha value is -3.00. The van der Waals surface area contributed by atoms with E-state index in [4.69, 9.17) is 4.74 Å². The topological polar surface area (TPSA) is 88.8 Å². The number of carbonyl (C=O) groups is 1. The first-order valence-electron chi connectivity index (χ1n) is 9.01.